The van der Waals surface area contributed by atoms with Gasteiger partial charge in [0.2, 0.25) is 0 Å². The van der Waals surface area contributed by atoms with Crippen LogP contribution in [0.4, 0.5) is 4.79 Å². The van der Waals surface area contributed by atoms with E-state index in [2.05, 4.69) is 15.1 Å². The SMILES string of the molecule is O=C(O)NN=Cc1cnc2ccccc2n1. The molecule has 0 spiro atoms. The summed E-state index contributed by atoms with van der Waals surface area (Å²) in [5.41, 5.74) is 3.87. The lowest BCUT2D eigenvalue weighted by Crippen LogP contribution is -2.13. The maximum absolute atomic E-state index is 10.1. The van der Waals surface area contributed by atoms with Crippen molar-refractivity contribution in [1.29, 1.82) is 0 Å². The second kappa shape index (κ2) is 4.35. The summed E-state index contributed by atoms with van der Waals surface area (Å²) in [5, 5.41) is 11.8. The van der Waals surface area contributed by atoms with Crippen LogP contribution in [-0.2, 0) is 0 Å². The van der Waals surface area contributed by atoms with Crippen LogP contribution < -0.4 is 5.43 Å². The molecule has 1 heterocycles. The van der Waals surface area contributed by atoms with Gasteiger partial charge in [-0.25, -0.2) is 15.2 Å². The molecule has 0 saturated heterocycles. The van der Waals surface area contributed by atoms with Crippen molar-refractivity contribution in [2.24, 2.45) is 5.10 Å². The molecule has 1 amide bonds. The Morgan fingerprint density at radius 1 is 1.38 bits per heavy atom. The van der Waals surface area contributed by atoms with Crippen LogP contribution >= 0.6 is 0 Å². The van der Waals surface area contributed by atoms with Crippen LogP contribution in [0.5, 0.6) is 0 Å². The Morgan fingerprint density at radius 3 is 2.88 bits per heavy atom. The van der Waals surface area contributed by atoms with E-state index in [-0.39, 0.29) is 0 Å². The molecule has 0 unspecified atom stereocenters. The lowest BCUT2D eigenvalue weighted by Gasteiger charge is -1.96. The zero-order valence-corrected chi connectivity index (χ0v) is 8.16. The summed E-state index contributed by atoms with van der Waals surface area (Å²) >= 11 is 0. The highest BCUT2D eigenvalue weighted by Gasteiger charge is 1.96. The Balaban J connectivity index is 2.26. The van der Waals surface area contributed by atoms with E-state index in [9.17, 15) is 4.79 Å². The number of carbonyl (C=O) groups is 1. The van der Waals surface area contributed by atoms with E-state index in [0.717, 1.165) is 11.0 Å². The minimum Gasteiger partial charge on any atom is -0.464 e. The summed E-state index contributed by atoms with van der Waals surface area (Å²) in [5.74, 6) is 0. The number of hydrogen-bond donors (Lipinski definition) is 2. The number of fused-ring (bicyclic) bond motifs is 1. The van der Waals surface area contributed by atoms with E-state index in [1.807, 2.05) is 29.7 Å². The van der Waals surface area contributed by atoms with Crippen LogP contribution in [0.15, 0.2) is 35.6 Å². The number of hydrogen-bond acceptors (Lipinski definition) is 4. The number of carboxylic acid groups (broad SMARTS) is 1. The number of hydrazone groups is 1. The third kappa shape index (κ3) is 2.30. The number of rotatable bonds is 2. The minimum absolute atomic E-state index is 0.493. The summed E-state index contributed by atoms with van der Waals surface area (Å²) < 4.78 is 0. The molecule has 0 saturated carbocycles. The van der Waals surface area contributed by atoms with Crippen molar-refractivity contribution in [2.45, 2.75) is 0 Å². The third-order valence-electron chi connectivity index (χ3n) is 1.82. The average Bonchev–Trinajstić information content (AvgIpc) is 2.28. The highest BCUT2D eigenvalue weighted by molar-refractivity contribution is 5.82. The van der Waals surface area contributed by atoms with Gasteiger partial charge in [0.1, 0.15) is 5.69 Å². The molecule has 2 rings (SSSR count). The molecule has 16 heavy (non-hydrogen) atoms. The fourth-order valence-electron chi connectivity index (χ4n) is 1.19. The second-order valence-electron chi connectivity index (χ2n) is 2.96. The molecular weight excluding hydrogens is 208 g/mol. The molecule has 0 atom stereocenters. The van der Waals surface area contributed by atoms with Gasteiger partial charge in [-0.1, -0.05) is 12.1 Å². The van der Waals surface area contributed by atoms with Gasteiger partial charge in [0.25, 0.3) is 0 Å². The molecule has 0 fully saturated rings. The molecule has 0 bridgehead atoms. The summed E-state index contributed by atoms with van der Waals surface area (Å²) in [4.78, 5) is 18.5. The van der Waals surface area contributed by atoms with Crippen LogP contribution in [-0.4, -0.2) is 27.4 Å². The third-order valence-corrected chi connectivity index (χ3v) is 1.82. The normalized spacial score (nSPS) is 10.8. The van der Waals surface area contributed by atoms with E-state index in [1.54, 1.807) is 0 Å². The van der Waals surface area contributed by atoms with Gasteiger partial charge in [-0.15, -0.1) is 0 Å². The molecule has 1 aromatic carbocycles. The Labute approximate surface area is 90.7 Å². The average molecular weight is 216 g/mol. The molecule has 6 nitrogen and oxygen atoms in total. The lowest BCUT2D eigenvalue weighted by atomic mass is 10.3. The Morgan fingerprint density at radius 2 is 2.12 bits per heavy atom. The van der Waals surface area contributed by atoms with Gasteiger partial charge in [-0.2, -0.15) is 5.10 Å². The van der Waals surface area contributed by atoms with Gasteiger partial charge in [0.15, 0.2) is 0 Å². The largest absolute Gasteiger partial charge is 0.464 e. The van der Waals surface area contributed by atoms with Crippen LogP contribution in [0.2, 0.25) is 0 Å². The number of nitrogens with one attached hydrogen (secondary N) is 1. The highest BCUT2D eigenvalue weighted by atomic mass is 16.4. The standard InChI is InChI=1S/C10H8N4O2/c15-10(16)14-12-6-7-5-11-8-3-1-2-4-9(8)13-7/h1-6,14H,(H,15,16). The number of nitrogens with zero attached hydrogens (tertiary/aromatic N) is 3. The first-order chi connectivity index (χ1) is 7.75. The molecular formula is C10H8N4O2. The maximum Gasteiger partial charge on any atom is 0.425 e. The van der Waals surface area contributed by atoms with Crippen molar-refractivity contribution in [3.05, 3.63) is 36.2 Å². The minimum atomic E-state index is -1.22. The lowest BCUT2D eigenvalue weighted by molar-refractivity contribution is 0.195. The summed E-state index contributed by atoms with van der Waals surface area (Å²) in [6, 6.07) is 7.40. The predicted molar refractivity (Wildman–Crippen MR) is 58.3 cm³/mol. The molecule has 2 aromatic rings. The second-order valence-corrected chi connectivity index (χ2v) is 2.96. The van der Waals surface area contributed by atoms with Gasteiger partial charge in [0.05, 0.1) is 23.4 Å². The highest BCUT2D eigenvalue weighted by Crippen LogP contribution is 2.07. The Kier molecular flexibility index (Phi) is 2.73. The summed E-state index contributed by atoms with van der Waals surface area (Å²) in [6.45, 7) is 0. The fourth-order valence-corrected chi connectivity index (χ4v) is 1.19. The van der Waals surface area contributed by atoms with Crippen molar-refractivity contribution >= 4 is 23.3 Å². The van der Waals surface area contributed by atoms with E-state index in [0.29, 0.717) is 5.69 Å². The van der Waals surface area contributed by atoms with E-state index < -0.39 is 6.09 Å². The van der Waals surface area contributed by atoms with E-state index >= 15 is 0 Å². The number of para-hydroxylation sites is 2. The molecule has 0 aliphatic rings. The molecule has 80 valence electrons. The molecule has 1 aromatic heterocycles. The van der Waals surface area contributed by atoms with Gasteiger partial charge >= 0.3 is 6.09 Å². The Hall–Kier alpha value is -2.50. The summed E-state index contributed by atoms with van der Waals surface area (Å²) in [6.07, 6.45) is 1.60. The van der Waals surface area contributed by atoms with Crippen molar-refractivity contribution in [1.82, 2.24) is 15.4 Å². The smallest absolute Gasteiger partial charge is 0.425 e. The first-order valence-electron chi connectivity index (χ1n) is 4.49. The van der Waals surface area contributed by atoms with Crippen LogP contribution in [0.1, 0.15) is 5.69 Å². The maximum atomic E-state index is 10.1. The fraction of sp³-hybridized carbons (Fsp3) is 0. The number of amides is 1. The van der Waals surface area contributed by atoms with Crippen LogP contribution in [0, 0.1) is 0 Å². The van der Waals surface area contributed by atoms with Crippen molar-refractivity contribution in [3.63, 3.8) is 0 Å². The van der Waals surface area contributed by atoms with E-state index in [1.165, 1.54) is 12.4 Å². The molecule has 2 N–H and O–H groups in total. The first-order valence-corrected chi connectivity index (χ1v) is 4.49. The molecule has 0 aliphatic carbocycles. The molecule has 0 aliphatic heterocycles. The van der Waals surface area contributed by atoms with Gasteiger partial charge in [0, 0.05) is 0 Å². The number of benzene rings is 1. The monoisotopic (exact) mass is 216 g/mol. The number of aromatic nitrogens is 2. The Bertz CT molecular complexity index is 553. The van der Waals surface area contributed by atoms with Crippen LogP contribution in [0.25, 0.3) is 11.0 Å². The molecule has 0 radical (unpaired) electrons. The van der Waals surface area contributed by atoms with Crippen molar-refractivity contribution < 1.29 is 9.90 Å². The zero-order chi connectivity index (χ0) is 11.4. The van der Waals surface area contributed by atoms with Gasteiger partial charge in [-0.3, -0.25) is 4.98 Å². The quantitative estimate of drug-likeness (QED) is 0.583. The first kappa shape index (κ1) is 10.0. The van der Waals surface area contributed by atoms with Gasteiger partial charge in [-0.05, 0) is 12.1 Å². The van der Waals surface area contributed by atoms with Crippen molar-refractivity contribution in [3.8, 4) is 0 Å². The van der Waals surface area contributed by atoms with Gasteiger partial charge < -0.3 is 5.11 Å². The molecule has 6 heteroatoms. The summed E-state index contributed by atoms with van der Waals surface area (Å²) in [7, 11) is 0. The van der Waals surface area contributed by atoms with Crippen molar-refractivity contribution in [2.75, 3.05) is 0 Å². The van der Waals surface area contributed by atoms with E-state index in [4.69, 9.17) is 5.11 Å². The topological polar surface area (TPSA) is 87.5 Å². The predicted octanol–water partition coefficient (Wildman–Crippen LogP) is 1.23. The zero-order valence-electron chi connectivity index (χ0n) is 8.16. The van der Waals surface area contributed by atoms with Crippen LogP contribution in [0.3, 0.4) is 0 Å².